The van der Waals surface area contributed by atoms with Crippen LogP contribution < -0.4 is 10.1 Å². The molecule has 0 bridgehead atoms. The number of aliphatic hydroxyl groups is 2. The zero-order valence-corrected chi connectivity index (χ0v) is 9.10. The van der Waals surface area contributed by atoms with Gasteiger partial charge < -0.3 is 20.3 Å². The molecule has 1 aromatic rings. The van der Waals surface area contributed by atoms with Crippen LogP contribution in [0.4, 0.5) is 0 Å². The van der Waals surface area contributed by atoms with E-state index in [0.717, 1.165) is 17.7 Å². The van der Waals surface area contributed by atoms with Crippen LogP contribution in [0.2, 0.25) is 0 Å². The van der Waals surface area contributed by atoms with Crippen LogP contribution in [0.1, 0.15) is 18.0 Å². The van der Waals surface area contributed by atoms with E-state index in [1.165, 1.54) is 0 Å². The van der Waals surface area contributed by atoms with Crippen molar-refractivity contribution in [1.29, 1.82) is 0 Å². The fraction of sp³-hybridized carbons (Fsp3) is 0.500. The first kappa shape index (κ1) is 11.4. The van der Waals surface area contributed by atoms with Gasteiger partial charge in [0.15, 0.2) is 0 Å². The predicted molar refractivity (Wildman–Crippen MR) is 60.4 cm³/mol. The van der Waals surface area contributed by atoms with Crippen molar-refractivity contribution in [3.63, 3.8) is 0 Å². The summed E-state index contributed by atoms with van der Waals surface area (Å²) in [7, 11) is 0. The highest BCUT2D eigenvalue weighted by molar-refractivity contribution is 5.37. The molecule has 2 atom stereocenters. The molecular formula is C12H17NO3. The number of hydrogen-bond acceptors (Lipinski definition) is 4. The Hall–Kier alpha value is -1.10. The van der Waals surface area contributed by atoms with Crippen LogP contribution >= 0.6 is 0 Å². The normalized spacial score (nSPS) is 21.0. The van der Waals surface area contributed by atoms with Gasteiger partial charge in [-0.15, -0.1) is 0 Å². The van der Waals surface area contributed by atoms with Gasteiger partial charge in [-0.05, 0) is 6.07 Å². The Kier molecular flexibility index (Phi) is 3.77. The summed E-state index contributed by atoms with van der Waals surface area (Å²) < 4.78 is 5.53. The third-order valence-corrected chi connectivity index (χ3v) is 2.77. The number of ether oxygens (including phenoxy) is 1. The molecule has 88 valence electrons. The largest absolute Gasteiger partial charge is 0.493 e. The van der Waals surface area contributed by atoms with E-state index in [9.17, 15) is 5.11 Å². The van der Waals surface area contributed by atoms with Crippen molar-refractivity contribution in [3.8, 4) is 5.75 Å². The molecule has 16 heavy (non-hydrogen) atoms. The molecule has 1 aliphatic heterocycles. The molecule has 0 spiro atoms. The standard InChI is InChI=1S/C12H17NO3/c14-8-9(15)7-13-11-5-6-16-12-4-2-1-3-10(11)12/h1-4,9,11,13-15H,5-8H2/t9-,11?/m0/s1. The van der Waals surface area contributed by atoms with Gasteiger partial charge in [0.2, 0.25) is 0 Å². The lowest BCUT2D eigenvalue weighted by Gasteiger charge is -2.27. The second-order valence-electron chi connectivity index (χ2n) is 3.97. The van der Waals surface area contributed by atoms with Gasteiger partial charge in [-0.1, -0.05) is 18.2 Å². The first-order chi connectivity index (χ1) is 7.81. The molecule has 0 amide bonds. The maximum atomic E-state index is 9.29. The van der Waals surface area contributed by atoms with Crippen molar-refractivity contribution in [2.45, 2.75) is 18.6 Å². The van der Waals surface area contributed by atoms with Gasteiger partial charge in [0.05, 0.1) is 19.3 Å². The van der Waals surface area contributed by atoms with E-state index in [-0.39, 0.29) is 12.6 Å². The van der Waals surface area contributed by atoms with Crippen LogP contribution in [-0.4, -0.2) is 36.1 Å². The summed E-state index contributed by atoms with van der Waals surface area (Å²) in [4.78, 5) is 0. The Labute approximate surface area is 94.9 Å². The lowest BCUT2D eigenvalue weighted by molar-refractivity contribution is 0.0898. The number of fused-ring (bicyclic) bond motifs is 1. The number of rotatable bonds is 4. The summed E-state index contributed by atoms with van der Waals surface area (Å²) in [6.45, 7) is 0.872. The summed E-state index contributed by atoms with van der Waals surface area (Å²) in [5, 5.41) is 21.3. The maximum absolute atomic E-state index is 9.29. The Bertz CT molecular complexity index is 343. The lowest BCUT2D eigenvalue weighted by atomic mass is 10.0. The fourth-order valence-electron chi connectivity index (χ4n) is 1.90. The smallest absolute Gasteiger partial charge is 0.124 e. The summed E-state index contributed by atoms with van der Waals surface area (Å²) in [5.74, 6) is 0.907. The number of para-hydroxylation sites is 1. The summed E-state index contributed by atoms with van der Waals surface area (Å²) in [6.07, 6.45) is 0.185. The van der Waals surface area contributed by atoms with E-state index in [0.29, 0.717) is 13.2 Å². The Balaban J connectivity index is 2.01. The number of benzene rings is 1. The summed E-state index contributed by atoms with van der Waals surface area (Å²) in [5.41, 5.74) is 1.12. The van der Waals surface area contributed by atoms with Crippen molar-refractivity contribution < 1.29 is 14.9 Å². The highest BCUT2D eigenvalue weighted by Crippen LogP contribution is 2.31. The molecular weight excluding hydrogens is 206 g/mol. The van der Waals surface area contributed by atoms with Gasteiger partial charge in [0.1, 0.15) is 5.75 Å². The van der Waals surface area contributed by atoms with Crippen molar-refractivity contribution in [1.82, 2.24) is 5.32 Å². The van der Waals surface area contributed by atoms with Crippen LogP contribution in [0.5, 0.6) is 5.75 Å². The van der Waals surface area contributed by atoms with Crippen LogP contribution in [0.25, 0.3) is 0 Å². The lowest BCUT2D eigenvalue weighted by Crippen LogP contribution is -2.34. The fourth-order valence-corrected chi connectivity index (χ4v) is 1.90. The Morgan fingerprint density at radius 2 is 2.25 bits per heavy atom. The van der Waals surface area contributed by atoms with Gasteiger partial charge in [-0.2, -0.15) is 0 Å². The third-order valence-electron chi connectivity index (χ3n) is 2.77. The highest BCUT2D eigenvalue weighted by Gasteiger charge is 2.20. The number of aliphatic hydroxyl groups excluding tert-OH is 2. The molecule has 1 aliphatic rings. The molecule has 4 nitrogen and oxygen atoms in total. The van der Waals surface area contributed by atoms with Gasteiger partial charge in [0, 0.05) is 24.6 Å². The minimum atomic E-state index is -0.699. The minimum Gasteiger partial charge on any atom is -0.493 e. The topological polar surface area (TPSA) is 61.7 Å². The first-order valence-corrected chi connectivity index (χ1v) is 5.55. The Morgan fingerprint density at radius 3 is 3.06 bits per heavy atom. The zero-order valence-electron chi connectivity index (χ0n) is 9.10. The van der Waals surface area contributed by atoms with E-state index in [4.69, 9.17) is 9.84 Å². The van der Waals surface area contributed by atoms with E-state index >= 15 is 0 Å². The molecule has 0 fully saturated rings. The molecule has 0 aromatic heterocycles. The molecule has 4 heteroatoms. The predicted octanol–water partition coefficient (Wildman–Crippen LogP) is 0.453. The van der Waals surface area contributed by atoms with Crippen molar-refractivity contribution in [3.05, 3.63) is 29.8 Å². The average molecular weight is 223 g/mol. The SMILES string of the molecule is OC[C@@H](O)CNC1CCOc2ccccc21. The van der Waals surface area contributed by atoms with Gasteiger partial charge >= 0.3 is 0 Å². The molecule has 0 saturated heterocycles. The molecule has 1 heterocycles. The molecule has 0 saturated carbocycles. The third kappa shape index (κ3) is 2.52. The van der Waals surface area contributed by atoms with Crippen LogP contribution in [0, 0.1) is 0 Å². The average Bonchev–Trinajstić information content (AvgIpc) is 2.35. The molecule has 2 rings (SSSR count). The first-order valence-electron chi connectivity index (χ1n) is 5.55. The van der Waals surface area contributed by atoms with Gasteiger partial charge in [0.25, 0.3) is 0 Å². The molecule has 0 radical (unpaired) electrons. The van der Waals surface area contributed by atoms with E-state index < -0.39 is 6.10 Å². The van der Waals surface area contributed by atoms with Crippen molar-refractivity contribution in [2.75, 3.05) is 19.8 Å². The summed E-state index contributed by atoms with van der Waals surface area (Å²) >= 11 is 0. The maximum Gasteiger partial charge on any atom is 0.124 e. The van der Waals surface area contributed by atoms with E-state index in [1.807, 2.05) is 24.3 Å². The zero-order chi connectivity index (χ0) is 11.4. The highest BCUT2D eigenvalue weighted by atomic mass is 16.5. The van der Waals surface area contributed by atoms with Crippen LogP contribution in [0.3, 0.4) is 0 Å². The monoisotopic (exact) mass is 223 g/mol. The molecule has 1 aromatic carbocycles. The molecule has 1 unspecified atom stereocenters. The van der Waals surface area contributed by atoms with E-state index in [1.54, 1.807) is 0 Å². The summed E-state index contributed by atoms with van der Waals surface area (Å²) in [6, 6.07) is 8.10. The quantitative estimate of drug-likeness (QED) is 0.693. The van der Waals surface area contributed by atoms with Crippen molar-refractivity contribution >= 4 is 0 Å². The second-order valence-corrected chi connectivity index (χ2v) is 3.97. The molecule has 3 N–H and O–H groups in total. The van der Waals surface area contributed by atoms with Crippen molar-refractivity contribution in [2.24, 2.45) is 0 Å². The van der Waals surface area contributed by atoms with Crippen LogP contribution in [-0.2, 0) is 0 Å². The Morgan fingerprint density at radius 1 is 1.44 bits per heavy atom. The molecule has 0 aliphatic carbocycles. The van der Waals surface area contributed by atoms with Gasteiger partial charge in [-0.3, -0.25) is 0 Å². The number of nitrogens with one attached hydrogen (secondary N) is 1. The van der Waals surface area contributed by atoms with E-state index in [2.05, 4.69) is 5.32 Å². The van der Waals surface area contributed by atoms with Crippen LogP contribution in [0.15, 0.2) is 24.3 Å². The second kappa shape index (κ2) is 5.30. The minimum absolute atomic E-state index is 0.200. The number of hydrogen-bond donors (Lipinski definition) is 3. The van der Waals surface area contributed by atoms with Gasteiger partial charge in [-0.25, -0.2) is 0 Å².